The molecule has 1 aliphatic carbocycles. The maximum absolute atomic E-state index is 2.33. The highest BCUT2D eigenvalue weighted by Gasteiger charge is 2.03. The number of rotatable bonds is 3. The highest BCUT2D eigenvalue weighted by Crippen LogP contribution is 2.22. The van der Waals surface area contributed by atoms with Gasteiger partial charge in [0.15, 0.2) is 0 Å². The highest BCUT2D eigenvalue weighted by molar-refractivity contribution is 5.75. The van der Waals surface area contributed by atoms with Crippen molar-refractivity contribution in [3.05, 3.63) is 89.5 Å². The maximum Gasteiger partial charge on any atom is -0.00256 e. The Bertz CT molecular complexity index is 603. The van der Waals surface area contributed by atoms with Crippen molar-refractivity contribution < 1.29 is 0 Å². The van der Waals surface area contributed by atoms with E-state index in [2.05, 4.69) is 72.8 Å². The van der Waals surface area contributed by atoms with Crippen molar-refractivity contribution in [1.82, 2.24) is 0 Å². The second-order valence-corrected chi connectivity index (χ2v) is 5.00. The average molecular weight is 246 g/mol. The summed E-state index contributed by atoms with van der Waals surface area (Å²) in [5.74, 6) is 0. The molecule has 0 bridgehead atoms. The molecule has 2 aromatic carbocycles. The number of benzene rings is 2. The fourth-order valence-corrected chi connectivity index (χ4v) is 2.52. The minimum Gasteiger partial charge on any atom is -0.0836 e. The zero-order chi connectivity index (χ0) is 12.9. The maximum atomic E-state index is 2.33. The Hall–Kier alpha value is -2.08. The van der Waals surface area contributed by atoms with Crippen LogP contribution in [0.1, 0.15) is 29.5 Å². The summed E-state index contributed by atoms with van der Waals surface area (Å²) < 4.78 is 0. The van der Waals surface area contributed by atoms with Gasteiger partial charge in [0.2, 0.25) is 0 Å². The van der Waals surface area contributed by atoms with E-state index in [9.17, 15) is 0 Å². The Morgan fingerprint density at radius 1 is 0.789 bits per heavy atom. The molecule has 0 N–H and O–H groups in total. The summed E-state index contributed by atoms with van der Waals surface area (Å²) in [6.45, 7) is 0. The average Bonchev–Trinajstić information content (AvgIpc) is 2.49. The normalized spacial score (nSPS) is 14.2. The molecule has 0 heterocycles. The topological polar surface area (TPSA) is 0 Å². The third-order valence-electron chi connectivity index (χ3n) is 3.51. The summed E-state index contributed by atoms with van der Waals surface area (Å²) in [4.78, 5) is 0. The lowest BCUT2D eigenvalue weighted by atomic mass is 9.96. The van der Waals surface area contributed by atoms with Crippen molar-refractivity contribution in [2.45, 2.75) is 19.3 Å². The summed E-state index contributed by atoms with van der Waals surface area (Å²) in [6, 6.07) is 19.5. The van der Waals surface area contributed by atoms with E-state index in [0.29, 0.717) is 0 Å². The lowest BCUT2D eigenvalue weighted by Gasteiger charge is -2.09. The van der Waals surface area contributed by atoms with Crippen LogP contribution in [0.2, 0.25) is 0 Å². The highest BCUT2D eigenvalue weighted by atomic mass is 14.1. The van der Waals surface area contributed by atoms with Gasteiger partial charge in [-0.25, -0.2) is 0 Å². The molecule has 19 heavy (non-hydrogen) atoms. The first-order chi connectivity index (χ1) is 9.42. The number of hydrogen-bond donors (Lipinski definition) is 0. The molecule has 0 spiro atoms. The Morgan fingerprint density at radius 2 is 1.63 bits per heavy atom. The van der Waals surface area contributed by atoms with E-state index in [0.717, 1.165) is 12.8 Å². The molecular weight excluding hydrogens is 228 g/mol. The smallest absolute Gasteiger partial charge is 0.00256 e. The van der Waals surface area contributed by atoms with Crippen LogP contribution in [0, 0.1) is 0 Å². The zero-order valence-corrected chi connectivity index (χ0v) is 11.0. The van der Waals surface area contributed by atoms with Crippen LogP contribution in [0.25, 0.3) is 5.57 Å². The van der Waals surface area contributed by atoms with Gasteiger partial charge in [0, 0.05) is 0 Å². The van der Waals surface area contributed by atoms with Crippen LogP contribution in [0.4, 0.5) is 0 Å². The quantitative estimate of drug-likeness (QED) is 0.714. The molecule has 0 fully saturated rings. The van der Waals surface area contributed by atoms with Gasteiger partial charge in [0.05, 0.1) is 0 Å². The molecule has 0 saturated heterocycles. The van der Waals surface area contributed by atoms with Crippen molar-refractivity contribution in [3.8, 4) is 0 Å². The van der Waals surface area contributed by atoms with Crippen molar-refractivity contribution in [3.63, 3.8) is 0 Å². The second-order valence-electron chi connectivity index (χ2n) is 5.00. The van der Waals surface area contributed by atoms with Crippen molar-refractivity contribution in [2.75, 3.05) is 0 Å². The summed E-state index contributed by atoms with van der Waals surface area (Å²) in [5, 5.41) is 0. The Labute approximate surface area is 115 Å². The number of hydrogen-bond acceptors (Lipinski definition) is 0. The fraction of sp³-hybridized carbons (Fsp3) is 0.158. The van der Waals surface area contributed by atoms with Crippen molar-refractivity contribution >= 4 is 5.57 Å². The van der Waals surface area contributed by atoms with E-state index in [1.54, 1.807) is 0 Å². The van der Waals surface area contributed by atoms with Crippen LogP contribution < -0.4 is 0 Å². The molecule has 0 atom stereocenters. The van der Waals surface area contributed by atoms with Crippen molar-refractivity contribution in [2.24, 2.45) is 0 Å². The van der Waals surface area contributed by atoms with E-state index in [1.165, 1.54) is 28.7 Å². The van der Waals surface area contributed by atoms with Crippen LogP contribution in [0.3, 0.4) is 0 Å². The fourth-order valence-electron chi connectivity index (χ4n) is 2.52. The molecule has 0 amide bonds. The number of allylic oxidation sites excluding steroid dienone is 4. The molecule has 0 heteroatoms. The lowest BCUT2D eigenvalue weighted by Crippen LogP contribution is -1.91. The summed E-state index contributed by atoms with van der Waals surface area (Å²) >= 11 is 0. The molecule has 0 unspecified atom stereocenters. The zero-order valence-electron chi connectivity index (χ0n) is 11.0. The van der Waals surface area contributed by atoms with Crippen LogP contribution >= 0.6 is 0 Å². The predicted octanol–water partition coefficient (Wildman–Crippen LogP) is 5.01. The molecule has 2 aromatic rings. The summed E-state index contributed by atoms with van der Waals surface area (Å²) in [7, 11) is 0. The van der Waals surface area contributed by atoms with E-state index in [-0.39, 0.29) is 0 Å². The second kappa shape index (κ2) is 5.71. The third kappa shape index (κ3) is 3.03. The van der Waals surface area contributed by atoms with Gasteiger partial charge < -0.3 is 0 Å². The minimum atomic E-state index is 1.01. The van der Waals surface area contributed by atoms with E-state index in [1.807, 2.05) is 0 Å². The van der Waals surface area contributed by atoms with Crippen LogP contribution in [-0.2, 0) is 6.42 Å². The molecule has 0 aromatic heterocycles. The monoisotopic (exact) mass is 246 g/mol. The first-order valence-corrected chi connectivity index (χ1v) is 6.92. The first kappa shape index (κ1) is 12.0. The molecule has 1 aliphatic rings. The van der Waals surface area contributed by atoms with Crippen LogP contribution in [0.15, 0.2) is 72.8 Å². The molecule has 0 saturated carbocycles. The van der Waals surface area contributed by atoms with Crippen molar-refractivity contribution in [1.29, 1.82) is 0 Å². The van der Waals surface area contributed by atoms with E-state index < -0.39 is 0 Å². The molecule has 94 valence electrons. The van der Waals surface area contributed by atoms with Gasteiger partial charge >= 0.3 is 0 Å². The molecule has 0 nitrogen and oxygen atoms in total. The van der Waals surface area contributed by atoms with Gasteiger partial charge in [0.1, 0.15) is 0 Å². The van der Waals surface area contributed by atoms with Gasteiger partial charge in [-0.15, -0.1) is 0 Å². The van der Waals surface area contributed by atoms with Gasteiger partial charge in [-0.3, -0.25) is 0 Å². The molecule has 3 rings (SSSR count). The molecular formula is C19H18. The Balaban J connectivity index is 1.84. The first-order valence-electron chi connectivity index (χ1n) is 6.92. The minimum absolute atomic E-state index is 1.01. The Morgan fingerprint density at radius 3 is 2.42 bits per heavy atom. The van der Waals surface area contributed by atoms with Gasteiger partial charge in [-0.05, 0) is 41.5 Å². The molecule has 0 radical (unpaired) electrons. The van der Waals surface area contributed by atoms with Gasteiger partial charge in [-0.2, -0.15) is 0 Å². The molecule has 0 aliphatic heterocycles. The standard InChI is InChI=1S/C19H18/c1-3-8-16(9-4-1)14-17-10-7-13-19(15-17)18-11-5-2-6-12-18/h1,3-5,7-13,15H,2,6,14H2. The summed E-state index contributed by atoms with van der Waals surface area (Å²) in [6.07, 6.45) is 10.2. The van der Waals surface area contributed by atoms with Gasteiger partial charge in [0.25, 0.3) is 0 Å². The summed E-state index contributed by atoms with van der Waals surface area (Å²) in [5.41, 5.74) is 5.45. The lowest BCUT2D eigenvalue weighted by molar-refractivity contribution is 1.04. The Kier molecular flexibility index (Phi) is 3.60. The SMILES string of the molecule is C1=CC(c2cccc(Cc3ccccc3)c2)=CCC1. The largest absolute Gasteiger partial charge is 0.0836 e. The predicted molar refractivity (Wildman–Crippen MR) is 82.0 cm³/mol. The third-order valence-corrected chi connectivity index (χ3v) is 3.51. The van der Waals surface area contributed by atoms with Gasteiger partial charge in [-0.1, -0.05) is 72.8 Å². The van der Waals surface area contributed by atoms with Crippen LogP contribution in [-0.4, -0.2) is 0 Å². The van der Waals surface area contributed by atoms with Crippen LogP contribution in [0.5, 0.6) is 0 Å². The van der Waals surface area contributed by atoms with E-state index >= 15 is 0 Å². The van der Waals surface area contributed by atoms with E-state index in [4.69, 9.17) is 0 Å².